The number of para-hydroxylation sites is 1. The van der Waals surface area contributed by atoms with Gasteiger partial charge >= 0.3 is 0 Å². The van der Waals surface area contributed by atoms with Crippen LogP contribution >= 0.6 is 0 Å². The molecule has 3 nitrogen and oxygen atoms in total. The van der Waals surface area contributed by atoms with Crippen molar-refractivity contribution in [3.63, 3.8) is 0 Å². The van der Waals surface area contributed by atoms with E-state index in [0.29, 0.717) is 12.8 Å². The van der Waals surface area contributed by atoms with Gasteiger partial charge in [-0.3, -0.25) is 4.79 Å². The molecule has 3 aromatic rings. The quantitative estimate of drug-likeness (QED) is 0.577. The maximum absolute atomic E-state index is 13.2. The second-order valence-corrected chi connectivity index (χ2v) is 7.62. The highest BCUT2D eigenvalue weighted by atomic mass is 16.2. The molecular formula is C24H29N2O. The lowest BCUT2D eigenvalue weighted by molar-refractivity contribution is -0.130. The molecule has 3 heteroatoms. The van der Waals surface area contributed by atoms with Crippen LogP contribution in [-0.2, 0) is 17.6 Å². The monoisotopic (exact) mass is 361 g/mol. The van der Waals surface area contributed by atoms with Gasteiger partial charge in [0.2, 0.25) is 5.91 Å². The Hall–Kier alpha value is -2.55. The largest absolute Gasteiger partial charge is 0.361 e. The van der Waals surface area contributed by atoms with E-state index in [4.69, 9.17) is 0 Å². The van der Waals surface area contributed by atoms with Gasteiger partial charge in [-0.25, -0.2) is 0 Å². The van der Waals surface area contributed by atoms with E-state index in [-0.39, 0.29) is 11.9 Å². The Bertz CT molecular complexity index is 884. The maximum atomic E-state index is 13.2. The zero-order valence-corrected chi connectivity index (χ0v) is 16.3. The second kappa shape index (κ2) is 8.43. The van der Waals surface area contributed by atoms with Crippen LogP contribution in [0.5, 0.6) is 0 Å². The standard InChI is InChI=1S/C24H29N2O/c1-4-20(15-18-11-7-6-8-12-18)26-23(27)24(3,5-2)16-19-17-25-22-14-10-9-13-21(19)22/h6-14,17,20,25H,2,4-5,15-16H2,1,3H3,(H,26,27). The van der Waals surface area contributed by atoms with Crippen LogP contribution in [0.1, 0.15) is 37.8 Å². The molecule has 2 N–H and O–H groups in total. The summed E-state index contributed by atoms with van der Waals surface area (Å²) in [5.41, 5.74) is 2.99. The van der Waals surface area contributed by atoms with E-state index in [9.17, 15) is 4.79 Å². The van der Waals surface area contributed by atoms with Crippen molar-refractivity contribution >= 4 is 16.8 Å². The van der Waals surface area contributed by atoms with Crippen LogP contribution in [0, 0.1) is 12.3 Å². The molecule has 1 aromatic heterocycles. The number of aromatic amines is 1. The summed E-state index contributed by atoms with van der Waals surface area (Å²) in [5, 5.41) is 4.46. The number of H-pyrrole nitrogens is 1. The molecule has 1 radical (unpaired) electrons. The Morgan fingerprint density at radius 2 is 1.85 bits per heavy atom. The summed E-state index contributed by atoms with van der Waals surface area (Å²) < 4.78 is 0. The molecule has 0 aliphatic carbocycles. The Kier molecular flexibility index (Phi) is 6.00. The smallest absolute Gasteiger partial charge is 0.226 e. The molecule has 0 saturated carbocycles. The predicted octanol–water partition coefficient (Wildman–Crippen LogP) is 5.08. The number of fused-ring (bicyclic) bond motifs is 1. The second-order valence-electron chi connectivity index (χ2n) is 7.62. The molecular weight excluding hydrogens is 332 g/mol. The highest BCUT2D eigenvalue weighted by Gasteiger charge is 2.33. The first-order valence-electron chi connectivity index (χ1n) is 9.75. The summed E-state index contributed by atoms with van der Waals surface area (Å²) in [5.74, 6) is 0.0885. The molecule has 0 aliphatic rings. The predicted molar refractivity (Wildman–Crippen MR) is 112 cm³/mol. The Labute approximate surface area is 162 Å². The van der Waals surface area contributed by atoms with Crippen molar-refractivity contribution in [2.75, 3.05) is 0 Å². The number of aromatic nitrogens is 1. The molecule has 1 amide bonds. The lowest BCUT2D eigenvalue weighted by Crippen LogP contribution is -2.45. The van der Waals surface area contributed by atoms with Crippen molar-refractivity contribution in [1.29, 1.82) is 0 Å². The topological polar surface area (TPSA) is 44.9 Å². The Balaban J connectivity index is 1.73. The van der Waals surface area contributed by atoms with Gasteiger partial charge in [0.1, 0.15) is 0 Å². The molecule has 0 bridgehead atoms. The van der Waals surface area contributed by atoms with Crippen molar-refractivity contribution in [2.45, 2.75) is 45.6 Å². The normalized spacial score (nSPS) is 14.6. The first kappa shape index (κ1) is 19.2. The Morgan fingerprint density at radius 1 is 1.15 bits per heavy atom. The van der Waals surface area contributed by atoms with E-state index in [1.54, 1.807) is 0 Å². The summed E-state index contributed by atoms with van der Waals surface area (Å²) in [6.07, 6.45) is 5.01. The number of rotatable bonds is 8. The fourth-order valence-corrected chi connectivity index (χ4v) is 3.54. The van der Waals surface area contributed by atoms with E-state index in [1.807, 2.05) is 43.5 Å². The molecule has 2 unspecified atom stereocenters. The summed E-state index contributed by atoms with van der Waals surface area (Å²) in [6, 6.07) is 18.7. The SMILES string of the molecule is [CH2]CC(C)(Cc1c[nH]c2ccccc12)C(=O)NC(CC)Cc1ccccc1. The molecule has 3 rings (SSSR count). The minimum absolute atomic E-state index is 0.0885. The van der Waals surface area contributed by atoms with Gasteiger partial charge in [0.05, 0.1) is 5.41 Å². The number of carbonyl (C=O) groups excluding carboxylic acids is 1. The first-order valence-corrected chi connectivity index (χ1v) is 9.75. The van der Waals surface area contributed by atoms with Crippen LogP contribution in [0.2, 0.25) is 0 Å². The average molecular weight is 362 g/mol. The summed E-state index contributed by atoms with van der Waals surface area (Å²) >= 11 is 0. The molecule has 1 heterocycles. The van der Waals surface area contributed by atoms with E-state index in [2.05, 4.69) is 48.4 Å². The van der Waals surface area contributed by atoms with Gasteiger partial charge in [-0.05, 0) is 42.9 Å². The highest BCUT2D eigenvalue weighted by Crippen LogP contribution is 2.30. The van der Waals surface area contributed by atoms with Crippen molar-refractivity contribution < 1.29 is 4.79 Å². The maximum Gasteiger partial charge on any atom is 0.226 e. The lowest BCUT2D eigenvalue weighted by atomic mass is 9.80. The van der Waals surface area contributed by atoms with E-state index in [0.717, 1.165) is 18.4 Å². The number of carbonyl (C=O) groups is 1. The molecule has 2 atom stereocenters. The lowest BCUT2D eigenvalue weighted by Gasteiger charge is -2.29. The minimum Gasteiger partial charge on any atom is -0.361 e. The number of amides is 1. The molecule has 27 heavy (non-hydrogen) atoms. The van der Waals surface area contributed by atoms with Crippen LogP contribution in [0.3, 0.4) is 0 Å². The van der Waals surface area contributed by atoms with Crippen molar-refractivity contribution in [3.8, 4) is 0 Å². The van der Waals surface area contributed by atoms with Crippen LogP contribution in [-0.4, -0.2) is 16.9 Å². The number of nitrogens with one attached hydrogen (secondary N) is 2. The van der Waals surface area contributed by atoms with Gasteiger partial charge in [0.25, 0.3) is 0 Å². The molecule has 0 fully saturated rings. The van der Waals surface area contributed by atoms with Crippen molar-refractivity contribution in [1.82, 2.24) is 10.3 Å². The van der Waals surface area contributed by atoms with Gasteiger partial charge in [0, 0.05) is 23.1 Å². The summed E-state index contributed by atoms with van der Waals surface area (Å²) in [4.78, 5) is 16.5. The zero-order valence-electron chi connectivity index (χ0n) is 16.3. The third kappa shape index (κ3) is 4.41. The zero-order chi connectivity index (χ0) is 19.3. The highest BCUT2D eigenvalue weighted by molar-refractivity contribution is 5.86. The fourth-order valence-electron chi connectivity index (χ4n) is 3.54. The minimum atomic E-state index is -0.533. The van der Waals surface area contributed by atoms with Gasteiger partial charge in [-0.1, -0.05) is 69.3 Å². The molecule has 0 spiro atoms. The first-order chi connectivity index (χ1) is 13.1. The molecule has 2 aromatic carbocycles. The fraction of sp³-hybridized carbons (Fsp3) is 0.333. The van der Waals surface area contributed by atoms with Crippen LogP contribution in [0.25, 0.3) is 10.9 Å². The average Bonchev–Trinajstić information content (AvgIpc) is 3.10. The van der Waals surface area contributed by atoms with Crippen molar-refractivity contribution in [2.24, 2.45) is 5.41 Å². The Morgan fingerprint density at radius 3 is 2.56 bits per heavy atom. The van der Waals surface area contributed by atoms with Gasteiger partial charge in [0.15, 0.2) is 0 Å². The third-order valence-corrected chi connectivity index (χ3v) is 5.51. The molecule has 0 aliphatic heterocycles. The van der Waals surface area contributed by atoms with Crippen molar-refractivity contribution in [3.05, 3.63) is 78.8 Å². The van der Waals surface area contributed by atoms with Gasteiger partial charge in [-0.15, -0.1) is 0 Å². The summed E-state index contributed by atoms with van der Waals surface area (Å²) in [7, 11) is 0. The number of hydrogen-bond acceptors (Lipinski definition) is 1. The summed E-state index contributed by atoms with van der Waals surface area (Å²) in [6.45, 7) is 8.23. The van der Waals surface area contributed by atoms with E-state index < -0.39 is 5.41 Å². The third-order valence-electron chi connectivity index (χ3n) is 5.51. The molecule has 0 saturated heterocycles. The van der Waals surface area contributed by atoms with Crippen LogP contribution < -0.4 is 5.32 Å². The van der Waals surface area contributed by atoms with Gasteiger partial charge in [-0.2, -0.15) is 0 Å². The molecule has 141 valence electrons. The number of benzene rings is 2. The van der Waals surface area contributed by atoms with E-state index in [1.165, 1.54) is 16.5 Å². The van der Waals surface area contributed by atoms with Crippen LogP contribution in [0.15, 0.2) is 60.8 Å². The van der Waals surface area contributed by atoms with Gasteiger partial charge < -0.3 is 10.3 Å². The van der Waals surface area contributed by atoms with E-state index >= 15 is 0 Å². The van der Waals surface area contributed by atoms with Crippen LogP contribution in [0.4, 0.5) is 0 Å². The number of hydrogen-bond donors (Lipinski definition) is 2.